The van der Waals surface area contributed by atoms with Crippen LogP contribution in [-0.2, 0) is 9.53 Å². The zero-order chi connectivity index (χ0) is 12.6. The lowest BCUT2D eigenvalue weighted by Crippen LogP contribution is -2.50. The van der Waals surface area contributed by atoms with E-state index in [9.17, 15) is 9.59 Å². The van der Waals surface area contributed by atoms with Crippen LogP contribution in [0.25, 0.3) is 0 Å². The van der Waals surface area contributed by atoms with Crippen LogP contribution in [0.5, 0.6) is 0 Å². The number of amides is 1. The lowest BCUT2D eigenvalue weighted by molar-refractivity contribution is -0.129. The summed E-state index contributed by atoms with van der Waals surface area (Å²) in [5.41, 5.74) is -1.20. The molecule has 0 aromatic carbocycles. The van der Waals surface area contributed by atoms with Crippen molar-refractivity contribution in [1.29, 1.82) is 0 Å². The van der Waals surface area contributed by atoms with E-state index in [0.29, 0.717) is 19.5 Å². The largest absolute Gasteiger partial charge is 0.444 e. The van der Waals surface area contributed by atoms with Crippen LogP contribution in [0.15, 0.2) is 0 Å². The summed E-state index contributed by atoms with van der Waals surface area (Å²) >= 11 is 0. The Bertz CT molecular complexity index is 302. The van der Waals surface area contributed by atoms with E-state index in [1.165, 1.54) is 0 Å². The molecule has 1 unspecified atom stereocenters. The van der Waals surface area contributed by atoms with Crippen molar-refractivity contribution >= 4 is 11.9 Å². The lowest BCUT2D eigenvalue weighted by Gasteiger charge is -2.33. The third kappa shape index (κ3) is 3.15. The molecule has 0 radical (unpaired) electrons. The standard InChI is InChI=1S/C12H20NO3/c1-11(2,3)16-10(15)13-7-6-9(14)12(4,5)8-13/h4,6-8H2,1-3,5H3/q+1. The van der Waals surface area contributed by atoms with Gasteiger partial charge in [-0.1, -0.05) is 0 Å². The molecule has 0 aromatic rings. The second-order valence-corrected chi connectivity index (χ2v) is 5.64. The third-order valence-corrected chi connectivity index (χ3v) is 2.47. The summed E-state index contributed by atoms with van der Waals surface area (Å²) in [6, 6.07) is 0. The number of likely N-dealkylation sites (tertiary alicyclic amines) is 1. The smallest absolute Gasteiger partial charge is 0.410 e. The van der Waals surface area contributed by atoms with Crippen LogP contribution in [0.4, 0.5) is 4.79 Å². The summed E-state index contributed by atoms with van der Waals surface area (Å²) in [7, 11) is 0. The van der Waals surface area contributed by atoms with Crippen LogP contribution in [0.2, 0.25) is 0 Å². The van der Waals surface area contributed by atoms with Gasteiger partial charge in [-0.2, -0.15) is 0 Å². The molecule has 1 aliphatic rings. The van der Waals surface area contributed by atoms with Gasteiger partial charge in [0, 0.05) is 13.0 Å². The Hall–Kier alpha value is -1.19. The maximum Gasteiger partial charge on any atom is 0.410 e. The van der Waals surface area contributed by atoms with Crippen molar-refractivity contribution in [2.75, 3.05) is 13.1 Å². The summed E-state index contributed by atoms with van der Waals surface area (Å²) in [6.45, 7) is 11.8. The van der Waals surface area contributed by atoms with Gasteiger partial charge < -0.3 is 9.64 Å². The molecule has 16 heavy (non-hydrogen) atoms. The minimum Gasteiger partial charge on any atom is -0.444 e. The number of ether oxygens (including phenoxy) is 1. The maximum absolute atomic E-state index is 11.8. The summed E-state index contributed by atoms with van der Waals surface area (Å²) in [5.74, 6) is 0.104. The molecule has 4 heteroatoms. The monoisotopic (exact) mass is 226 g/mol. The predicted octanol–water partition coefficient (Wildman–Crippen LogP) is 2.04. The zero-order valence-electron chi connectivity index (χ0n) is 10.5. The quantitative estimate of drug-likeness (QED) is 0.594. The first-order valence-corrected chi connectivity index (χ1v) is 5.48. The Morgan fingerprint density at radius 2 is 2.06 bits per heavy atom. The van der Waals surface area contributed by atoms with Crippen LogP contribution in [0.1, 0.15) is 34.1 Å². The van der Waals surface area contributed by atoms with Crippen LogP contribution < -0.4 is 0 Å². The Kier molecular flexibility index (Phi) is 3.22. The first-order chi connectivity index (χ1) is 7.12. The lowest BCUT2D eigenvalue weighted by atomic mass is 9.83. The Balaban J connectivity index is 2.63. The van der Waals surface area contributed by atoms with Crippen LogP contribution in [-0.4, -0.2) is 35.5 Å². The average molecular weight is 226 g/mol. The fourth-order valence-corrected chi connectivity index (χ4v) is 1.61. The van der Waals surface area contributed by atoms with Gasteiger partial charge in [0.25, 0.3) is 0 Å². The van der Waals surface area contributed by atoms with Crippen molar-refractivity contribution in [3.05, 3.63) is 6.92 Å². The number of hydrogen-bond acceptors (Lipinski definition) is 3. The minimum absolute atomic E-state index is 0.104. The van der Waals surface area contributed by atoms with Gasteiger partial charge in [0.2, 0.25) is 0 Å². The molecule has 1 amide bonds. The Morgan fingerprint density at radius 1 is 1.50 bits per heavy atom. The molecule has 1 heterocycles. The molecule has 1 aliphatic heterocycles. The number of hydrogen-bond donors (Lipinski definition) is 0. The highest BCUT2D eigenvalue weighted by molar-refractivity contribution is 5.87. The van der Waals surface area contributed by atoms with Gasteiger partial charge in [-0.3, -0.25) is 4.79 Å². The van der Waals surface area contributed by atoms with Gasteiger partial charge in [-0.15, -0.1) is 0 Å². The van der Waals surface area contributed by atoms with Gasteiger partial charge in [0.05, 0.1) is 13.5 Å². The highest BCUT2D eigenvalue weighted by Gasteiger charge is 2.43. The van der Waals surface area contributed by atoms with E-state index in [1.54, 1.807) is 11.8 Å². The minimum atomic E-state index is -0.699. The van der Waals surface area contributed by atoms with Crippen LogP contribution >= 0.6 is 0 Å². The fraction of sp³-hybridized carbons (Fsp3) is 0.750. The van der Waals surface area contributed by atoms with Crippen molar-refractivity contribution < 1.29 is 14.3 Å². The van der Waals surface area contributed by atoms with Gasteiger partial charge in [-0.05, 0) is 27.7 Å². The van der Waals surface area contributed by atoms with Gasteiger partial charge >= 0.3 is 6.09 Å². The molecule has 90 valence electrons. The normalized spacial score (nSPS) is 26.8. The second-order valence-electron chi connectivity index (χ2n) is 5.64. The van der Waals surface area contributed by atoms with Crippen molar-refractivity contribution in [2.45, 2.75) is 39.7 Å². The molecule has 1 atom stereocenters. The summed E-state index contributed by atoms with van der Waals surface area (Å²) < 4.78 is 5.25. The zero-order valence-corrected chi connectivity index (χ0v) is 10.5. The molecule has 1 rings (SSSR count). The van der Waals surface area contributed by atoms with E-state index >= 15 is 0 Å². The summed E-state index contributed by atoms with van der Waals surface area (Å²) in [4.78, 5) is 24.9. The van der Waals surface area contributed by atoms with Crippen molar-refractivity contribution in [3.63, 3.8) is 0 Å². The molecule has 0 spiro atoms. The number of Topliss-reactive ketones (excluding diaryl/α,β-unsaturated/α-hetero) is 1. The summed E-state index contributed by atoms with van der Waals surface area (Å²) in [5, 5.41) is 0. The average Bonchev–Trinajstić information content (AvgIpc) is 2.06. The molecule has 0 aliphatic carbocycles. The fourth-order valence-electron chi connectivity index (χ4n) is 1.61. The second kappa shape index (κ2) is 4.00. The third-order valence-electron chi connectivity index (χ3n) is 2.47. The highest BCUT2D eigenvalue weighted by Crippen LogP contribution is 2.25. The van der Waals surface area contributed by atoms with Crippen LogP contribution in [0, 0.1) is 12.3 Å². The highest BCUT2D eigenvalue weighted by atomic mass is 16.6. The van der Waals surface area contributed by atoms with E-state index < -0.39 is 11.0 Å². The topological polar surface area (TPSA) is 46.6 Å². The van der Waals surface area contributed by atoms with E-state index in [-0.39, 0.29) is 11.9 Å². The first kappa shape index (κ1) is 12.9. The number of rotatable bonds is 0. The molecule has 1 saturated heterocycles. The van der Waals surface area contributed by atoms with Gasteiger partial charge in [0.1, 0.15) is 5.60 Å². The van der Waals surface area contributed by atoms with Crippen LogP contribution in [0.3, 0.4) is 0 Å². The van der Waals surface area contributed by atoms with E-state index in [4.69, 9.17) is 4.74 Å². The predicted molar refractivity (Wildman–Crippen MR) is 60.9 cm³/mol. The van der Waals surface area contributed by atoms with E-state index in [2.05, 4.69) is 6.92 Å². The van der Waals surface area contributed by atoms with Crippen molar-refractivity contribution in [3.8, 4) is 0 Å². The molecule has 1 fully saturated rings. The molecule has 4 nitrogen and oxygen atoms in total. The van der Waals surface area contributed by atoms with Gasteiger partial charge in [-0.25, -0.2) is 4.79 Å². The van der Waals surface area contributed by atoms with E-state index in [1.807, 2.05) is 20.8 Å². The molecule has 0 N–H and O–H groups in total. The molecular weight excluding hydrogens is 206 g/mol. The molecular formula is C12H20NO3+. The SMILES string of the molecule is [CH2+]C1(C)CN(C(=O)OC(C)(C)C)CCC1=O. The number of nitrogens with zero attached hydrogens (tertiary/aromatic N) is 1. The van der Waals surface area contributed by atoms with E-state index in [0.717, 1.165) is 0 Å². The maximum atomic E-state index is 11.8. The number of carbonyl (C=O) groups is 2. The van der Waals surface area contributed by atoms with Crippen molar-refractivity contribution in [2.24, 2.45) is 5.41 Å². The molecule has 0 saturated carbocycles. The molecule has 0 bridgehead atoms. The van der Waals surface area contributed by atoms with Gasteiger partial charge in [0.15, 0.2) is 11.2 Å². The number of piperidine rings is 1. The van der Waals surface area contributed by atoms with Crippen molar-refractivity contribution in [1.82, 2.24) is 4.90 Å². The number of ketones is 1. The number of carbonyl (C=O) groups excluding carboxylic acids is 2. The first-order valence-electron chi connectivity index (χ1n) is 5.48. The Labute approximate surface area is 96.9 Å². The Morgan fingerprint density at radius 3 is 2.50 bits per heavy atom. The summed E-state index contributed by atoms with van der Waals surface area (Å²) in [6.07, 6.45) is -0.00550. The molecule has 0 aromatic heterocycles.